The van der Waals surface area contributed by atoms with Crippen molar-refractivity contribution in [2.75, 3.05) is 26.3 Å². The van der Waals surface area contributed by atoms with Crippen LogP contribution >= 0.6 is 23.4 Å². The van der Waals surface area contributed by atoms with E-state index in [0.717, 1.165) is 30.0 Å². The molecule has 33 heavy (non-hydrogen) atoms. The Hall–Kier alpha value is -2.38. The van der Waals surface area contributed by atoms with E-state index in [1.807, 2.05) is 4.98 Å². The third-order valence-corrected chi connectivity index (χ3v) is 6.07. The van der Waals surface area contributed by atoms with Crippen molar-refractivity contribution in [1.82, 2.24) is 9.97 Å². The lowest BCUT2D eigenvalue weighted by Crippen LogP contribution is -2.24. The Morgan fingerprint density at radius 1 is 1.21 bits per heavy atom. The molecule has 1 aromatic heterocycles. The molecule has 13 heteroatoms. The molecule has 1 heterocycles. The van der Waals surface area contributed by atoms with Crippen LogP contribution in [0.4, 0.5) is 17.6 Å². The van der Waals surface area contributed by atoms with Gasteiger partial charge >= 0.3 is 11.9 Å². The molecule has 0 aliphatic heterocycles. The van der Waals surface area contributed by atoms with Crippen molar-refractivity contribution in [3.8, 4) is 11.1 Å². The molecule has 0 fully saturated rings. The molecule has 3 N–H and O–H groups in total. The summed E-state index contributed by atoms with van der Waals surface area (Å²) in [4.78, 5) is 28.4. The van der Waals surface area contributed by atoms with Crippen LogP contribution < -0.4 is 11.2 Å². The van der Waals surface area contributed by atoms with Gasteiger partial charge in [0.1, 0.15) is 12.6 Å². The van der Waals surface area contributed by atoms with Gasteiger partial charge in [0.2, 0.25) is 0 Å². The Kier molecular flexibility index (Phi) is 7.85. The van der Waals surface area contributed by atoms with Crippen molar-refractivity contribution >= 4 is 34.3 Å². The highest BCUT2D eigenvalue weighted by Gasteiger charge is 2.37. The molecule has 7 nitrogen and oxygen atoms in total. The zero-order chi connectivity index (χ0) is 24.3. The number of hydrogen-bond acceptors (Lipinski definition) is 6. The highest BCUT2D eigenvalue weighted by molar-refractivity contribution is 7.99. The van der Waals surface area contributed by atoms with Crippen LogP contribution in [-0.4, -0.2) is 47.4 Å². The summed E-state index contributed by atoms with van der Waals surface area (Å²) in [6.07, 6.45) is -5.75. The molecule has 0 amide bonds. The van der Waals surface area contributed by atoms with Crippen LogP contribution in [0.5, 0.6) is 0 Å². The lowest BCUT2D eigenvalue weighted by atomic mass is 9.97. The molecule has 0 bridgehead atoms. The molecule has 0 aliphatic rings. The second-order valence-corrected chi connectivity index (χ2v) is 8.21. The first-order valence-corrected chi connectivity index (χ1v) is 10.6. The van der Waals surface area contributed by atoms with Gasteiger partial charge in [-0.1, -0.05) is 17.7 Å². The molecule has 2 aromatic carbocycles. The third kappa shape index (κ3) is 5.58. The number of H-pyrrole nitrogens is 2. The van der Waals surface area contributed by atoms with E-state index in [2.05, 4.69) is 4.98 Å². The second-order valence-electron chi connectivity index (χ2n) is 6.77. The molecule has 3 aromatic rings. The van der Waals surface area contributed by atoms with E-state index in [-0.39, 0.29) is 28.5 Å². The van der Waals surface area contributed by atoms with Crippen LogP contribution in [-0.2, 0) is 15.7 Å². The minimum atomic E-state index is -4.91. The van der Waals surface area contributed by atoms with E-state index in [9.17, 15) is 32.3 Å². The number of thioether (sulfide) groups is 1. The SMILES string of the molecule is COCO[C@H](CO)CSc1c(-c2ccc(F)c(Cl)c2)c(C(F)(F)F)cc2c(=O)[nH]c(=O)[nH]c12. The number of aliphatic hydroxyl groups is 1. The lowest BCUT2D eigenvalue weighted by Gasteiger charge is -2.21. The largest absolute Gasteiger partial charge is 0.417 e. The van der Waals surface area contributed by atoms with Gasteiger partial charge in [0.05, 0.1) is 34.2 Å². The minimum absolute atomic E-state index is 0.0625. The topological polar surface area (TPSA) is 104 Å². The number of hydrogen-bond donors (Lipinski definition) is 3. The number of aromatic nitrogens is 2. The van der Waals surface area contributed by atoms with Crippen LogP contribution in [0.25, 0.3) is 22.0 Å². The number of ether oxygens (including phenoxy) is 2. The van der Waals surface area contributed by atoms with E-state index in [0.29, 0.717) is 6.07 Å². The number of aromatic amines is 2. The number of benzene rings is 2. The van der Waals surface area contributed by atoms with Crippen LogP contribution in [0.15, 0.2) is 38.8 Å². The zero-order valence-electron chi connectivity index (χ0n) is 16.9. The van der Waals surface area contributed by atoms with E-state index in [1.54, 1.807) is 0 Å². The third-order valence-electron chi connectivity index (χ3n) is 4.54. The van der Waals surface area contributed by atoms with Gasteiger partial charge in [0.25, 0.3) is 5.56 Å². The highest BCUT2D eigenvalue weighted by atomic mass is 35.5. The number of fused-ring (bicyclic) bond motifs is 1. The maximum atomic E-state index is 14.1. The number of rotatable bonds is 8. The number of aliphatic hydroxyl groups excluding tert-OH is 1. The van der Waals surface area contributed by atoms with Gasteiger partial charge in [-0.2, -0.15) is 13.2 Å². The first-order valence-electron chi connectivity index (χ1n) is 9.27. The molecule has 0 saturated heterocycles. The Morgan fingerprint density at radius 2 is 1.94 bits per heavy atom. The molecule has 0 radical (unpaired) electrons. The van der Waals surface area contributed by atoms with Crippen LogP contribution in [0.1, 0.15) is 5.56 Å². The monoisotopic (exact) mass is 508 g/mol. The van der Waals surface area contributed by atoms with Crippen molar-refractivity contribution < 1.29 is 32.1 Å². The number of nitrogens with one attached hydrogen (secondary N) is 2. The first-order chi connectivity index (χ1) is 15.6. The fraction of sp³-hybridized carbons (Fsp3) is 0.300. The Morgan fingerprint density at radius 3 is 2.55 bits per heavy atom. The average molecular weight is 509 g/mol. The predicted octanol–water partition coefficient (Wildman–Crippen LogP) is 3.77. The fourth-order valence-electron chi connectivity index (χ4n) is 3.08. The zero-order valence-corrected chi connectivity index (χ0v) is 18.5. The molecule has 0 saturated carbocycles. The molecule has 0 unspecified atom stereocenters. The lowest BCUT2D eigenvalue weighted by molar-refractivity contribution is -0.137. The van der Waals surface area contributed by atoms with Crippen molar-refractivity contribution in [1.29, 1.82) is 0 Å². The van der Waals surface area contributed by atoms with Gasteiger partial charge in [-0.25, -0.2) is 9.18 Å². The average Bonchev–Trinajstić information content (AvgIpc) is 2.74. The van der Waals surface area contributed by atoms with E-state index < -0.39 is 57.5 Å². The Balaban J connectivity index is 2.34. The molecular formula is C20H17ClF4N2O5S. The number of alkyl halides is 3. The van der Waals surface area contributed by atoms with Gasteiger partial charge in [-0.3, -0.25) is 9.78 Å². The van der Waals surface area contributed by atoms with Crippen LogP contribution in [0.3, 0.4) is 0 Å². The quantitative estimate of drug-likeness (QED) is 0.243. The van der Waals surface area contributed by atoms with Gasteiger partial charge in [0, 0.05) is 23.3 Å². The van der Waals surface area contributed by atoms with Crippen molar-refractivity contribution in [3.05, 3.63) is 61.5 Å². The Bertz CT molecular complexity index is 1280. The normalized spacial score (nSPS) is 12.9. The minimum Gasteiger partial charge on any atom is -0.394 e. The summed E-state index contributed by atoms with van der Waals surface area (Å²) in [5.41, 5.74) is -3.77. The van der Waals surface area contributed by atoms with Gasteiger partial charge in [0.15, 0.2) is 0 Å². The first kappa shape index (κ1) is 25.2. The maximum Gasteiger partial charge on any atom is 0.417 e. The van der Waals surface area contributed by atoms with Crippen molar-refractivity contribution in [2.24, 2.45) is 0 Å². The standard InChI is InChI=1S/C20H17ClF4N2O5S/c1-31-8-32-10(6-28)7-33-17-15(9-2-3-14(22)13(21)4-9)12(20(23,24)25)5-11-16(17)26-19(30)27-18(11)29/h2-5,10,28H,6-8H2,1H3,(H2,26,27,29,30)/t10-/m1/s1. The van der Waals surface area contributed by atoms with Gasteiger partial charge in [-0.05, 0) is 23.8 Å². The number of halogens is 5. The van der Waals surface area contributed by atoms with E-state index >= 15 is 0 Å². The molecular weight excluding hydrogens is 492 g/mol. The van der Waals surface area contributed by atoms with Gasteiger partial charge in [-0.15, -0.1) is 11.8 Å². The van der Waals surface area contributed by atoms with Crippen molar-refractivity contribution in [3.63, 3.8) is 0 Å². The summed E-state index contributed by atoms with van der Waals surface area (Å²) in [6, 6.07) is 3.66. The summed E-state index contributed by atoms with van der Waals surface area (Å²) in [5.74, 6) is -0.894. The van der Waals surface area contributed by atoms with E-state index in [4.69, 9.17) is 21.1 Å². The predicted molar refractivity (Wildman–Crippen MR) is 115 cm³/mol. The van der Waals surface area contributed by atoms with Crippen LogP contribution in [0, 0.1) is 5.82 Å². The fourth-order valence-corrected chi connectivity index (χ4v) is 4.49. The molecule has 178 valence electrons. The summed E-state index contributed by atoms with van der Waals surface area (Å²) in [5, 5.41) is 8.71. The summed E-state index contributed by atoms with van der Waals surface area (Å²) in [6.45, 7) is -0.645. The number of methoxy groups -OCH3 is 1. The van der Waals surface area contributed by atoms with Crippen LogP contribution in [0.2, 0.25) is 5.02 Å². The van der Waals surface area contributed by atoms with Gasteiger partial charge < -0.3 is 19.6 Å². The van der Waals surface area contributed by atoms with Crippen molar-refractivity contribution in [2.45, 2.75) is 17.2 Å². The summed E-state index contributed by atoms with van der Waals surface area (Å²) in [7, 11) is 1.36. The molecule has 0 spiro atoms. The molecule has 1 atom stereocenters. The highest BCUT2D eigenvalue weighted by Crippen LogP contribution is 2.45. The summed E-state index contributed by atoms with van der Waals surface area (Å²) < 4.78 is 66.0. The second kappa shape index (κ2) is 10.3. The molecule has 3 rings (SSSR count). The van der Waals surface area contributed by atoms with E-state index in [1.165, 1.54) is 7.11 Å². The Labute approximate surface area is 192 Å². The molecule has 0 aliphatic carbocycles. The maximum absolute atomic E-state index is 14.1. The summed E-state index contributed by atoms with van der Waals surface area (Å²) >= 11 is 6.63. The smallest absolute Gasteiger partial charge is 0.394 e.